The van der Waals surface area contributed by atoms with Gasteiger partial charge in [0.05, 0.1) is 36.2 Å². The molecule has 5 aromatic rings. The molecule has 0 fully saturated rings. The summed E-state index contributed by atoms with van der Waals surface area (Å²) < 4.78 is 58.4. The van der Waals surface area contributed by atoms with Gasteiger partial charge in [-0.1, -0.05) is 115 Å². The van der Waals surface area contributed by atoms with Crippen molar-refractivity contribution in [1.82, 2.24) is 0 Å². The van der Waals surface area contributed by atoms with Crippen LogP contribution in [0.2, 0.25) is 0 Å². The van der Waals surface area contributed by atoms with Crippen molar-refractivity contribution >= 4 is 5.57 Å². The van der Waals surface area contributed by atoms with E-state index in [0.717, 1.165) is 50.6 Å². The lowest BCUT2D eigenvalue weighted by Gasteiger charge is -2.49. The number of para-hydroxylation sites is 3. The fourth-order valence-corrected chi connectivity index (χ4v) is 6.21. The Hall–Kier alpha value is -4.67. The van der Waals surface area contributed by atoms with Gasteiger partial charge in [-0.05, 0) is 41.0 Å². The van der Waals surface area contributed by atoms with Crippen molar-refractivity contribution in [2.45, 2.75) is 17.6 Å². The molecule has 0 aliphatic carbocycles. The lowest BCUT2D eigenvalue weighted by atomic mass is 9.72. The highest BCUT2D eigenvalue weighted by atomic mass is 35.7. The van der Waals surface area contributed by atoms with Gasteiger partial charge in [-0.2, -0.15) is 14.0 Å². The SMILES string of the molecule is COc1ccccc1C1=CC(c2ccccc2)(c2ccccc2OC)OC(c2ccccc2)(c2ccccc2OC)C1.[O-][Cl+3]([O-])([O-])O. The van der Waals surface area contributed by atoms with Crippen molar-refractivity contribution < 1.29 is 47.8 Å². The number of methoxy groups -OCH3 is 3. The number of benzene rings is 5. The molecule has 9 heteroatoms. The van der Waals surface area contributed by atoms with Crippen molar-refractivity contribution in [2.75, 3.05) is 21.3 Å². The predicted octanol–water partition coefficient (Wildman–Crippen LogP) is 4.28. The third kappa shape index (κ3) is 7.18. The Bertz CT molecular complexity index is 1800. The lowest BCUT2D eigenvalue weighted by molar-refractivity contribution is -1.92. The molecule has 0 amide bonds. The maximum atomic E-state index is 8.60. The van der Waals surface area contributed by atoms with Gasteiger partial charge in [0.15, 0.2) is 0 Å². The van der Waals surface area contributed by atoms with Gasteiger partial charge in [0, 0.05) is 23.1 Å². The third-order valence-corrected chi connectivity index (χ3v) is 8.10. The molecule has 0 radical (unpaired) electrons. The Morgan fingerprint density at radius 2 is 1.00 bits per heavy atom. The molecule has 242 valence electrons. The number of ether oxygens (including phenoxy) is 4. The summed E-state index contributed by atoms with van der Waals surface area (Å²) in [6, 6.07) is 45.2. The van der Waals surface area contributed by atoms with Crippen molar-refractivity contribution in [3.8, 4) is 17.2 Å². The summed E-state index contributed by atoms with van der Waals surface area (Å²) in [4.78, 5) is 0. The van der Waals surface area contributed by atoms with Crippen LogP contribution in [0.3, 0.4) is 0 Å². The van der Waals surface area contributed by atoms with Crippen LogP contribution in [0.5, 0.6) is 17.2 Å². The monoisotopic (exact) mass is 654 g/mol. The van der Waals surface area contributed by atoms with E-state index in [1.54, 1.807) is 21.3 Å². The molecule has 47 heavy (non-hydrogen) atoms. The first-order chi connectivity index (χ1) is 22.6. The predicted molar refractivity (Wildman–Crippen MR) is 169 cm³/mol. The quantitative estimate of drug-likeness (QED) is 0.263. The van der Waals surface area contributed by atoms with Gasteiger partial charge < -0.3 is 18.9 Å². The topological polar surface area (TPSA) is 126 Å². The number of rotatable bonds is 8. The van der Waals surface area contributed by atoms with Crippen molar-refractivity contribution in [2.24, 2.45) is 0 Å². The van der Waals surface area contributed by atoms with E-state index in [9.17, 15) is 0 Å². The van der Waals surface area contributed by atoms with Crippen molar-refractivity contribution in [3.05, 3.63) is 167 Å². The molecule has 1 aliphatic rings. The summed E-state index contributed by atoms with van der Waals surface area (Å²) in [7, 11) is 0.436. The van der Waals surface area contributed by atoms with Gasteiger partial charge >= 0.3 is 0 Å². The highest BCUT2D eigenvalue weighted by molar-refractivity contribution is 5.76. The first-order valence-electron chi connectivity index (χ1n) is 14.7. The molecule has 1 N–H and O–H groups in total. The largest absolute Gasteiger partial charge is 0.496 e. The Balaban J connectivity index is 0.000000807. The summed E-state index contributed by atoms with van der Waals surface area (Å²) in [5.74, 6) is 2.29. The van der Waals surface area contributed by atoms with Gasteiger partial charge in [-0.15, -0.1) is 0 Å². The summed E-state index contributed by atoms with van der Waals surface area (Å²) in [6.07, 6.45) is 2.79. The minimum absolute atomic E-state index is 0.543. The summed E-state index contributed by atoms with van der Waals surface area (Å²) in [6.45, 7) is 0. The second-order valence-corrected chi connectivity index (χ2v) is 11.5. The standard InChI is InChI=1S/C38H34O4.ClHO4/c1-39-34-23-13-10-20-31(34)28-26-37(29-16-6-4-7-17-29,32-21-11-14-24-35(32)40-2)42-38(27-28,30-18-8-5-9-19-30)33-22-12-15-25-36(33)41-3;2-1(3,4)5/h4-26H,27H2,1-3H3;(H,2,3,4,5). The lowest BCUT2D eigenvalue weighted by Crippen LogP contribution is -2.58. The van der Waals surface area contributed by atoms with Gasteiger partial charge in [0.1, 0.15) is 28.5 Å². The number of hydrogen-bond acceptors (Lipinski definition) is 8. The van der Waals surface area contributed by atoms with Gasteiger partial charge in [0.2, 0.25) is 0 Å². The van der Waals surface area contributed by atoms with Crippen LogP contribution in [0.1, 0.15) is 34.2 Å². The Labute approximate surface area is 276 Å². The van der Waals surface area contributed by atoms with Gasteiger partial charge in [-0.25, -0.2) is 0 Å². The van der Waals surface area contributed by atoms with Crippen LogP contribution in [-0.2, 0) is 15.9 Å². The minimum Gasteiger partial charge on any atom is -0.496 e. The van der Waals surface area contributed by atoms with E-state index < -0.39 is 21.4 Å². The molecule has 0 saturated heterocycles. The molecule has 5 aromatic carbocycles. The highest BCUT2D eigenvalue weighted by Gasteiger charge is 2.52. The zero-order chi connectivity index (χ0) is 33.5. The molecule has 0 aromatic heterocycles. The van der Waals surface area contributed by atoms with Crippen LogP contribution >= 0.6 is 0 Å². The third-order valence-electron chi connectivity index (χ3n) is 8.10. The number of hydrogen-bond donors (Lipinski definition) is 1. The Kier molecular flexibility index (Phi) is 10.3. The summed E-state index contributed by atoms with van der Waals surface area (Å²) in [5.41, 5.74) is 3.95. The van der Waals surface area contributed by atoms with E-state index in [4.69, 9.17) is 37.6 Å². The molecule has 6 rings (SSSR count). The van der Waals surface area contributed by atoms with Crippen LogP contribution in [0.25, 0.3) is 5.57 Å². The maximum absolute atomic E-state index is 8.60. The Morgan fingerprint density at radius 3 is 1.55 bits per heavy atom. The molecule has 1 heterocycles. The smallest absolute Gasteiger partial charge is 0.142 e. The molecule has 2 atom stereocenters. The van der Waals surface area contributed by atoms with Crippen LogP contribution < -0.4 is 28.2 Å². The highest BCUT2D eigenvalue weighted by Crippen LogP contribution is 2.57. The normalized spacial score (nSPS) is 19.1. The fourth-order valence-electron chi connectivity index (χ4n) is 6.21. The molecular weight excluding hydrogens is 620 g/mol. The van der Waals surface area contributed by atoms with E-state index in [-0.39, 0.29) is 0 Å². The Morgan fingerprint density at radius 1 is 0.574 bits per heavy atom. The van der Waals surface area contributed by atoms with Gasteiger partial charge in [-0.3, -0.25) is 0 Å². The molecular formula is C38H35ClO8. The van der Waals surface area contributed by atoms with Crippen molar-refractivity contribution in [1.29, 1.82) is 0 Å². The maximum Gasteiger partial charge on any atom is 0.142 e. The van der Waals surface area contributed by atoms with E-state index in [2.05, 4.69) is 66.7 Å². The van der Waals surface area contributed by atoms with Crippen LogP contribution in [0.15, 0.2) is 140 Å². The van der Waals surface area contributed by atoms with E-state index in [0.29, 0.717) is 6.42 Å². The average Bonchev–Trinajstić information content (AvgIpc) is 3.11. The zero-order valence-electron chi connectivity index (χ0n) is 26.2. The van der Waals surface area contributed by atoms with E-state index in [1.807, 2.05) is 72.8 Å². The molecule has 0 spiro atoms. The summed E-state index contributed by atoms with van der Waals surface area (Å²) in [5, 5.41) is 0. The second-order valence-electron chi connectivity index (χ2n) is 10.7. The summed E-state index contributed by atoms with van der Waals surface area (Å²) >= 11 is 0. The van der Waals surface area contributed by atoms with Crippen LogP contribution in [-0.4, -0.2) is 26.0 Å². The van der Waals surface area contributed by atoms with E-state index in [1.165, 1.54) is 0 Å². The van der Waals surface area contributed by atoms with Crippen molar-refractivity contribution in [3.63, 3.8) is 0 Å². The zero-order valence-corrected chi connectivity index (χ0v) is 26.9. The molecule has 8 nitrogen and oxygen atoms in total. The second kappa shape index (κ2) is 14.4. The van der Waals surface area contributed by atoms with Crippen LogP contribution in [0, 0.1) is 10.2 Å². The first-order valence-corrected chi connectivity index (χ1v) is 16.0. The molecule has 1 aliphatic heterocycles. The first kappa shape index (κ1) is 33.7. The van der Waals surface area contributed by atoms with Crippen LogP contribution in [0.4, 0.5) is 0 Å². The molecule has 2 unspecified atom stereocenters. The van der Waals surface area contributed by atoms with E-state index >= 15 is 0 Å². The average molecular weight is 655 g/mol. The van der Waals surface area contributed by atoms with Gasteiger partial charge in [0.25, 0.3) is 0 Å². The number of halogens is 1. The minimum atomic E-state index is -4.69. The molecule has 0 bridgehead atoms. The molecule has 0 saturated carbocycles. The fraction of sp³-hybridized carbons (Fsp3) is 0.158.